The number of ether oxygens (including phenoxy) is 7. The van der Waals surface area contributed by atoms with Crippen LogP contribution in [0.25, 0.3) is 0 Å². The second-order valence-electron chi connectivity index (χ2n) is 17.5. The molecule has 340 valence electrons. The Kier molecular flexibility index (Phi) is 20.2. The molecule has 4 aliphatic rings. The Morgan fingerprint density at radius 1 is 0.767 bits per heavy atom. The molecular formula is C48H73F3O9. The number of carbonyl (C=O) groups excluding carboxylic acids is 2. The summed E-state index contributed by atoms with van der Waals surface area (Å²) in [6.07, 6.45) is 18.2. The molecule has 0 aliphatic carbocycles. The molecule has 0 amide bonds. The number of alkyl halides is 3. The summed E-state index contributed by atoms with van der Waals surface area (Å²) in [5.74, 6) is -1.65. The minimum atomic E-state index is -5.06. The van der Waals surface area contributed by atoms with Crippen molar-refractivity contribution >= 4 is 11.9 Å². The number of hydrogen-bond acceptors (Lipinski definition) is 9. The van der Waals surface area contributed by atoms with Gasteiger partial charge in [-0.25, -0.2) is 9.59 Å². The number of carbonyl (C=O) groups is 2. The predicted molar refractivity (Wildman–Crippen MR) is 223 cm³/mol. The van der Waals surface area contributed by atoms with Crippen LogP contribution in [0.2, 0.25) is 0 Å². The lowest BCUT2D eigenvalue weighted by Crippen LogP contribution is -2.53. The molecule has 1 aromatic carbocycles. The normalized spacial score (nSPS) is 27.8. The number of rotatable bonds is 25. The summed E-state index contributed by atoms with van der Waals surface area (Å²) in [4.78, 5) is 25.6. The van der Waals surface area contributed by atoms with Crippen LogP contribution in [-0.2, 0) is 48.3 Å². The Morgan fingerprint density at radius 2 is 1.40 bits per heavy atom. The highest BCUT2D eigenvalue weighted by Crippen LogP contribution is 2.44. The number of benzene rings is 1. The Balaban J connectivity index is 1.09. The summed E-state index contributed by atoms with van der Waals surface area (Å²) >= 11 is 0. The van der Waals surface area contributed by atoms with Gasteiger partial charge in [0.2, 0.25) is 0 Å². The molecule has 9 atom stereocenters. The molecule has 0 N–H and O–H groups in total. The molecule has 9 nitrogen and oxygen atoms in total. The fourth-order valence-corrected chi connectivity index (χ4v) is 9.55. The first-order valence-electron chi connectivity index (χ1n) is 23.4. The van der Waals surface area contributed by atoms with Crippen LogP contribution in [0.15, 0.2) is 42.0 Å². The van der Waals surface area contributed by atoms with Crippen LogP contribution >= 0.6 is 0 Å². The van der Waals surface area contributed by atoms with Crippen molar-refractivity contribution < 1.29 is 55.9 Å². The van der Waals surface area contributed by atoms with E-state index in [0.717, 1.165) is 115 Å². The number of methoxy groups -OCH3 is 1. The van der Waals surface area contributed by atoms with Gasteiger partial charge in [-0.2, -0.15) is 13.2 Å². The van der Waals surface area contributed by atoms with Crippen LogP contribution < -0.4 is 0 Å². The van der Waals surface area contributed by atoms with Gasteiger partial charge in [0.15, 0.2) is 0 Å². The molecule has 3 saturated heterocycles. The standard InChI is InChI=1S/C48H73F3O9/c1-4-5-6-19-25-38-26-21-28-39(56-34-55-38)41-29-30-43(58-41)44-32-31-42(59-44)40(60-46(53)47(54-3,48(49,50)51)37-23-17-15-18-24-37)27-20-14-12-10-8-7-9-11-13-16-22-36-33-35(2)57-45(36)52/h15,17-18,23-24,33,35,38-44H,4-14,16,19-22,25-32,34H2,1-3H3/t35-,38-,39-,40+,41+,42+,43+,44+,47-/m0/s1. The summed E-state index contributed by atoms with van der Waals surface area (Å²) in [5.41, 5.74) is -2.78. The van der Waals surface area contributed by atoms with Crippen LogP contribution in [0.1, 0.15) is 174 Å². The maximum atomic E-state index is 14.9. The molecule has 0 radical (unpaired) electrons. The minimum Gasteiger partial charge on any atom is -0.457 e. The maximum Gasteiger partial charge on any atom is 0.432 e. The number of halogens is 3. The van der Waals surface area contributed by atoms with Gasteiger partial charge >= 0.3 is 18.1 Å². The molecule has 0 unspecified atom stereocenters. The second kappa shape index (κ2) is 25.0. The molecule has 5 rings (SSSR count). The third kappa shape index (κ3) is 14.0. The van der Waals surface area contributed by atoms with Crippen molar-refractivity contribution in [1.29, 1.82) is 0 Å². The Morgan fingerprint density at radius 3 is 2.05 bits per heavy atom. The molecule has 12 heteroatoms. The fraction of sp³-hybridized carbons (Fsp3) is 0.792. The molecule has 1 aromatic rings. The van der Waals surface area contributed by atoms with Crippen LogP contribution in [0.5, 0.6) is 0 Å². The first-order chi connectivity index (χ1) is 29.1. The smallest absolute Gasteiger partial charge is 0.432 e. The summed E-state index contributed by atoms with van der Waals surface area (Å²) in [6, 6.07) is 6.99. The highest BCUT2D eigenvalue weighted by atomic mass is 19.4. The lowest BCUT2D eigenvalue weighted by atomic mass is 9.92. The molecule has 4 aliphatic heterocycles. The number of esters is 2. The van der Waals surface area contributed by atoms with Gasteiger partial charge < -0.3 is 33.2 Å². The van der Waals surface area contributed by atoms with Crippen molar-refractivity contribution in [2.75, 3.05) is 13.9 Å². The van der Waals surface area contributed by atoms with Crippen molar-refractivity contribution in [3.63, 3.8) is 0 Å². The van der Waals surface area contributed by atoms with Crippen LogP contribution in [0.3, 0.4) is 0 Å². The van der Waals surface area contributed by atoms with Gasteiger partial charge in [0, 0.05) is 18.2 Å². The monoisotopic (exact) mass is 851 g/mol. The largest absolute Gasteiger partial charge is 0.457 e. The average molecular weight is 851 g/mol. The van der Waals surface area contributed by atoms with Gasteiger partial charge in [0.1, 0.15) is 19.0 Å². The molecule has 60 heavy (non-hydrogen) atoms. The Hall–Kier alpha value is -2.51. The number of hydrogen-bond donors (Lipinski definition) is 0. The van der Waals surface area contributed by atoms with Crippen molar-refractivity contribution in [3.8, 4) is 0 Å². The summed E-state index contributed by atoms with van der Waals surface area (Å²) < 4.78 is 86.2. The molecule has 0 bridgehead atoms. The van der Waals surface area contributed by atoms with E-state index in [-0.39, 0.29) is 54.9 Å². The zero-order chi connectivity index (χ0) is 42.8. The fourth-order valence-electron chi connectivity index (χ4n) is 9.55. The van der Waals surface area contributed by atoms with E-state index in [1.54, 1.807) is 6.07 Å². The summed E-state index contributed by atoms with van der Waals surface area (Å²) in [5, 5.41) is 0. The average Bonchev–Trinajstić information content (AvgIpc) is 3.98. The van der Waals surface area contributed by atoms with Crippen LogP contribution in [0, 0.1) is 0 Å². The third-order valence-electron chi connectivity index (χ3n) is 13.0. The predicted octanol–water partition coefficient (Wildman–Crippen LogP) is 11.5. The van der Waals surface area contributed by atoms with E-state index in [0.29, 0.717) is 25.7 Å². The topological polar surface area (TPSA) is 98.8 Å². The van der Waals surface area contributed by atoms with Gasteiger partial charge in [0.25, 0.3) is 5.60 Å². The second-order valence-corrected chi connectivity index (χ2v) is 17.5. The Bertz CT molecular complexity index is 1430. The lowest BCUT2D eigenvalue weighted by Gasteiger charge is -2.35. The van der Waals surface area contributed by atoms with E-state index < -0.39 is 30.0 Å². The van der Waals surface area contributed by atoms with E-state index in [4.69, 9.17) is 33.2 Å². The molecule has 4 heterocycles. The number of unbranched alkanes of at least 4 members (excludes halogenated alkanes) is 12. The third-order valence-corrected chi connectivity index (χ3v) is 13.0. The zero-order valence-corrected chi connectivity index (χ0v) is 36.6. The zero-order valence-electron chi connectivity index (χ0n) is 36.6. The van der Waals surface area contributed by atoms with Gasteiger partial charge in [0.05, 0.1) is 36.6 Å². The summed E-state index contributed by atoms with van der Waals surface area (Å²) in [6.45, 7) is 4.37. The minimum absolute atomic E-state index is 0.0538. The van der Waals surface area contributed by atoms with Crippen molar-refractivity contribution in [1.82, 2.24) is 0 Å². The lowest BCUT2D eigenvalue weighted by molar-refractivity contribution is -0.280. The van der Waals surface area contributed by atoms with E-state index in [9.17, 15) is 22.8 Å². The van der Waals surface area contributed by atoms with Gasteiger partial charge in [-0.1, -0.05) is 114 Å². The molecular weight excluding hydrogens is 778 g/mol. The van der Waals surface area contributed by atoms with E-state index in [1.165, 1.54) is 49.9 Å². The van der Waals surface area contributed by atoms with Gasteiger partial charge in [-0.3, -0.25) is 0 Å². The highest BCUT2D eigenvalue weighted by molar-refractivity contribution is 5.90. The first kappa shape index (κ1) is 48.5. The van der Waals surface area contributed by atoms with Gasteiger partial charge in [-0.05, 0) is 90.0 Å². The maximum absolute atomic E-state index is 14.9. The SMILES string of the molecule is CCCCCC[C@H]1CCC[C@@H]([C@H]2CC[C@H]([C@H]3CC[C@H]([C@@H](CCCCCCCCCCCCC4=C[C@H](C)OC4=O)OC(=O)[C@@](OC)(c4ccccc4)C(F)(F)F)O3)O2)OCO1. The molecule has 0 aromatic heterocycles. The molecule has 3 fully saturated rings. The van der Waals surface area contributed by atoms with Crippen molar-refractivity contribution in [2.24, 2.45) is 0 Å². The Labute approximate surface area is 357 Å². The summed E-state index contributed by atoms with van der Waals surface area (Å²) in [7, 11) is 0.901. The number of cyclic esters (lactones) is 1. The molecule has 0 spiro atoms. The highest BCUT2D eigenvalue weighted by Gasteiger charge is 2.64. The van der Waals surface area contributed by atoms with E-state index in [2.05, 4.69) is 6.92 Å². The van der Waals surface area contributed by atoms with Crippen LogP contribution in [0.4, 0.5) is 13.2 Å². The quantitative estimate of drug-likeness (QED) is 0.0703. The van der Waals surface area contributed by atoms with Crippen molar-refractivity contribution in [2.45, 2.75) is 229 Å². The van der Waals surface area contributed by atoms with E-state index in [1.807, 2.05) is 13.0 Å². The first-order valence-corrected chi connectivity index (χ1v) is 23.4. The molecule has 0 saturated carbocycles. The van der Waals surface area contributed by atoms with Crippen molar-refractivity contribution in [3.05, 3.63) is 47.5 Å². The van der Waals surface area contributed by atoms with E-state index >= 15 is 0 Å². The van der Waals surface area contributed by atoms with Gasteiger partial charge in [-0.15, -0.1) is 0 Å². The van der Waals surface area contributed by atoms with Crippen LogP contribution in [-0.4, -0.2) is 80.8 Å².